The highest BCUT2D eigenvalue weighted by molar-refractivity contribution is 7.55. The maximum Gasteiger partial charge on any atom is 0.108 e. The first-order chi connectivity index (χ1) is 6.84. The molecule has 0 atom stereocenters. The second-order valence-electron chi connectivity index (χ2n) is 3.33. The van der Waals surface area contributed by atoms with E-state index in [4.69, 9.17) is 8.83 Å². The van der Waals surface area contributed by atoms with Crippen molar-refractivity contribution >= 4 is 7.92 Å². The predicted octanol–water partition coefficient (Wildman–Crippen LogP) is 3.68. The third kappa shape index (κ3) is 2.49. The Morgan fingerprint density at radius 2 is 1.50 bits per heavy atom. The van der Waals surface area contributed by atoms with Crippen LogP contribution in [0.25, 0.3) is 0 Å². The smallest absolute Gasteiger partial charge is 0.108 e. The van der Waals surface area contributed by atoms with E-state index >= 15 is 0 Å². The lowest BCUT2D eigenvalue weighted by Crippen LogP contribution is -1.83. The molecule has 0 radical (unpaired) electrons. The van der Waals surface area contributed by atoms with Gasteiger partial charge in [0, 0.05) is 12.3 Å². The number of hydrogen-bond acceptors (Lipinski definition) is 2. The highest BCUT2D eigenvalue weighted by atomic mass is 31.1. The second-order valence-corrected chi connectivity index (χ2v) is 5.68. The molecule has 14 heavy (non-hydrogen) atoms. The molecule has 0 fully saturated rings. The third-order valence-electron chi connectivity index (χ3n) is 2.01. The van der Waals surface area contributed by atoms with Gasteiger partial charge >= 0.3 is 0 Å². The van der Waals surface area contributed by atoms with Gasteiger partial charge in [-0.05, 0) is 30.9 Å². The first-order valence-electron chi connectivity index (χ1n) is 4.58. The lowest BCUT2D eigenvalue weighted by Gasteiger charge is -2.07. The van der Waals surface area contributed by atoms with Gasteiger partial charge in [0.05, 0.1) is 12.5 Å². The Balaban J connectivity index is 1.88. The summed E-state index contributed by atoms with van der Waals surface area (Å²) in [4.78, 5) is 0. The SMILES string of the molecule is CP(Cc1ccco1)Cc1ccco1. The summed E-state index contributed by atoms with van der Waals surface area (Å²) in [5, 5.41) is 0. The van der Waals surface area contributed by atoms with Crippen molar-refractivity contribution in [2.75, 3.05) is 6.66 Å². The molecule has 2 aromatic rings. The summed E-state index contributed by atoms with van der Waals surface area (Å²) in [6.45, 7) is 2.26. The first-order valence-corrected chi connectivity index (χ1v) is 6.74. The van der Waals surface area contributed by atoms with E-state index in [1.807, 2.05) is 24.3 Å². The van der Waals surface area contributed by atoms with E-state index in [0.717, 1.165) is 23.8 Å². The van der Waals surface area contributed by atoms with Crippen LogP contribution in [0.2, 0.25) is 0 Å². The minimum atomic E-state index is -0.0692. The minimum absolute atomic E-state index is 0.0692. The van der Waals surface area contributed by atoms with Gasteiger partial charge in [0.1, 0.15) is 11.5 Å². The van der Waals surface area contributed by atoms with Gasteiger partial charge in [0.15, 0.2) is 0 Å². The Hall–Kier alpha value is -1.01. The monoisotopic (exact) mass is 208 g/mol. The minimum Gasteiger partial charge on any atom is -0.469 e. The van der Waals surface area contributed by atoms with Gasteiger partial charge in [-0.3, -0.25) is 0 Å². The lowest BCUT2D eigenvalue weighted by molar-refractivity contribution is 0.524. The normalized spacial score (nSPS) is 11.0. The van der Waals surface area contributed by atoms with Gasteiger partial charge in [0.25, 0.3) is 0 Å². The van der Waals surface area contributed by atoms with E-state index in [-0.39, 0.29) is 7.92 Å². The van der Waals surface area contributed by atoms with Gasteiger partial charge in [-0.25, -0.2) is 0 Å². The molecule has 0 aliphatic heterocycles. The van der Waals surface area contributed by atoms with Crippen LogP contribution in [0.15, 0.2) is 45.6 Å². The largest absolute Gasteiger partial charge is 0.469 e. The predicted molar refractivity (Wildman–Crippen MR) is 57.7 cm³/mol. The summed E-state index contributed by atoms with van der Waals surface area (Å²) >= 11 is 0. The Labute approximate surface area is 84.7 Å². The quantitative estimate of drug-likeness (QED) is 0.716. The van der Waals surface area contributed by atoms with E-state index in [9.17, 15) is 0 Å². The molecule has 0 amide bonds. The Morgan fingerprint density at radius 1 is 1.00 bits per heavy atom. The van der Waals surface area contributed by atoms with Crippen LogP contribution in [0.1, 0.15) is 11.5 Å². The van der Waals surface area contributed by atoms with Crippen LogP contribution in [0.5, 0.6) is 0 Å². The van der Waals surface area contributed by atoms with Crippen LogP contribution in [0.3, 0.4) is 0 Å². The summed E-state index contributed by atoms with van der Waals surface area (Å²) in [5.74, 6) is 2.15. The molecule has 2 aromatic heterocycles. The molecule has 0 aromatic carbocycles. The molecule has 0 N–H and O–H groups in total. The topological polar surface area (TPSA) is 26.3 Å². The van der Waals surface area contributed by atoms with Crippen molar-refractivity contribution in [2.24, 2.45) is 0 Å². The molecule has 0 spiro atoms. The fourth-order valence-corrected chi connectivity index (χ4v) is 2.93. The molecule has 2 nitrogen and oxygen atoms in total. The molecule has 0 aliphatic carbocycles. The average Bonchev–Trinajstić information content (AvgIpc) is 2.76. The second kappa shape index (κ2) is 4.47. The van der Waals surface area contributed by atoms with Gasteiger partial charge < -0.3 is 8.83 Å². The molecule has 3 heteroatoms. The summed E-state index contributed by atoms with van der Waals surface area (Å²) in [7, 11) is -0.0692. The van der Waals surface area contributed by atoms with Gasteiger partial charge in [-0.15, -0.1) is 0 Å². The Bertz CT molecular complexity index is 314. The molecular formula is C11H13O2P. The molecule has 0 saturated carbocycles. The van der Waals surface area contributed by atoms with Crippen molar-refractivity contribution in [1.82, 2.24) is 0 Å². The van der Waals surface area contributed by atoms with Crippen molar-refractivity contribution in [3.63, 3.8) is 0 Å². The molecule has 0 bridgehead atoms. The van der Waals surface area contributed by atoms with Gasteiger partial charge in [-0.2, -0.15) is 0 Å². The zero-order valence-electron chi connectivity index (χ0n) is 8.14. The first kappa shape index (κ1) is 9.54. The fourth-order valence-electron chi connectivity index (χ4n) is 1.39. The van der Waals surface area contributed by atoms with E-state index in [1.54, 1.807) is 12.5 Å². The summed E-state index contributed by atoms with van der Waals surface area (Å²) in [5.41, 5.74) is 0. The van der Waals surface area contributed by atoms with Gasteiger partial charge in [0.2, 0.25) is 0 Å². The fraction of sp³-hybridized carbons (Fsp3) is 0.273. The standard InChI is InChI=1S/C11H13O2P/c1-14(8-10-4-2-6-12-10)9-11-5-3-7-13-11/h2-7H,8-9H2,1H3. The van der Waals surface area contributed by atoms with Crippen LogP contribution in [0, 0.1) is 0 Å². The van der Waals surface area contributed by atoms with Crippen LogP contribution in [0.4, 0.5) is 0 Å². The molecule has 0 saturated heterocycles. The highest BCUT2D eigenvalue weighted by Gasteiger charge is 2.07. The Morgan fingerprint density at radius 3 is 1.86 bits per heavy atom. The van der Waals surface area contributed by atoms with E-state index in [2.05, 4.69) is 6.66 Å². The van der Waals surface area contributed by atoms with Crippen molar-refractivity contribution in [2.45, 2.75) is 12.3 Å². The van der Waals surface area contributed by atoms with Crippen LogP contribution < -0.4 is 0 Å². The zero-order chi connectivity index (χ0) is 9.80. The molecule has 2 heterocycles. The third-order valence-corrected chi connectivity index (χ3v) is 3.71. The molecule has 0 unspecified atom stereocenters. The van der Waals surface area contributed by atoms with E-state index in [0.29, 0.717) is 0 Å². The van der Waals surface area contributed by atoms with Crippen LogP contribution in [-0.4, -0.2) is 6.66 Å². The maximum atomic E-state index is 5.31. The highest BCUT2D eigenvalue weighted by Crippen LogP contribution is 2.39. The summed E-state index contributed by atoms with van der Waals surface area (Å²) in [6, 6.07) is 7.93. The number of hydrogen-bond donors (Lipinski definition) is 0. The van der Waals surface area contributed by atoms with E-state index in [1.165, 1.54) is 0 Å². The van der Waals surface area contributed by atoms with Crippen LogP contribution in [-0.2, 0) is 12.3 Å². The van der Waals surface area contributed by atoms with Crippen molar-refractivity contribution in [3.8, 4) is 0 Å². The average molecular weight is 208 g/mol. The van der Waals surface area contributed by atoms with Crippen molar-refractivity contribution < 1.29 is 8.83 Å². The number of rotatable bonds is 4. The summed E-state index contributed by atoms with van der Waals surface area (Å²) < 4.78 is 10.6. The lowest BCUT2D eigenvalue weighted by atomic mass is 10.5. The summed E-state index contributed by atoms with van der Waals surface area (Å²) in [6.07, 6.45) is 5.52. The van der Waals surface area contributed by atoms with Crippen LogP contribution >= 0.6 is 7.92 Å². The zero-order valence-corrected chi connectivity index (χ0v) is 9.04. The van der Waals surface area contributed by atoms with Crippen molar-refractivity contribution in [3.05, 3.63) is 48.3 Å². The molecule has 0 aliphatic rings. The van der Waals surface area contributed by atoms with Crippen molar-refractivity contribution in [1.29, 1.82) is 0 Å². The maximum absolute atomic E-state index is 5.31. The molecule has 2 rings (SSSR count). The Kier molecular flexibility index (Phi) is 3.05. The molecule has 74 valence electrons. The molecular weight excluding hydrogens is 195 g/mol. The van der Waals surface area contributed by atoms with Gasteiger partial charge in [-0.1, -0.05) is 7.92 Å². The number of furan rings is 2. The van der Waals surface area contributed by atoms with E-state index < -0.39 is 0 Å².